The number of benzene rings is 1. The second-order valence-electron chi connectivity index (χ2n) is 6.16. The Bertz CT molecular complexity index is 925. The van der Waals surface area contributed by atoms with E-state index in [1.165, 1.54) is 13.2 Å². The third-order valence-corrected chi connectivity index (χ3v) is 4.32. The quantitative estimate of drug-likeness (QED) is 0.449. The molecular weight excluding hydrogens is 344 g/mol. The number of aromatic nitrogens is 1. The average Bonchev–Trinajstić information content (AvgIpc) is 3.35. The SMILES string of the molecule is COC(=O)[C@H](Cc1c[nH]c2ccccc12)NCCC(=O)/C=C/c1ccco1. The van der Waals surface area contributed by atoms with Crippen LogP contribution in [0.15, 0.2) is 59.4 Å². The molecule has 0 saturated heterocycles. The summed E-state index contributed by atoms with van der Waals surface area (Å²) < 4.78 is 10.1. The van der Waals surface area contributed by atoms with Gasteiger partial charge in [-0.25, -0.2) is 0 Å². The molecule has 0 aliphatic heterocycles. The number of furan rings is 1. The molecule has 0 fully saturated rings. The van der Waals surface area contributed by atoms with Crippen molar-refractivity contribution in [2.45, 2.75) is 18.9 Å². The summed E-state index contributed by atoms with van der Waals surface area (Å²) >= 11 is 0. The number of esters is 1. The maximum absolute atomic E-state index is 12.1. The van der Waals surface area contributed by atoms with Gasteiger partial charge in [-0.2, -0.15) is 0 Å². The summed E-state index contributed by atoms with van der Waals surface area (Å²) in [6.45, 7) is 0.378. The van der Waals surface area contributed by atoms with Crippen LogP contribution < -0.4 is 5.32 Å². The molecule has 0 aliphatic rings. The van der Waals surface area contributed by atoms with Gasteiger partial charge in [0.25, 0.3) is 0 Å². The predicted molar refractivity (Wildman–Crippen MR) is 103 cm³/mol. The summed E-state index contributed by atoms with van der Waals surface area (Å²) in [6.07, 6.45) is 7.32. The van der Waals surface area contributed by atoms with Crippen LogP contribution in [0.5, 0.6) is 0 Å². The Kier molecular flexibility index (Phi) is 6.22. The van der Waals surface area contributed by atoms with E-state index in [9.17, 15) is 9.59 Å². The summed E-state index contributed by atoms with van der Waals surface area (Å²) in [5.41, 5.74) is 2.05. The predicted octanol–water partition coefficient (Wildman–Crippen LogP) is 3.11. The summed E-state index contributed by atoms with van der Waals surface area (Å²) in [4.78, 5) is 27.3. The number of para-hydroxylation sites is 1. The van der Waals surface area contributed by atoms with Gasteiger partial charge >= 0.3 is 5.97 Å². The first-order valence-corrected chi connectivity index (χ1v) is 8.78. The van der Waals surface area contributed by atoms with E-state index in [-0.39, 0.29) is 18.2 Å². The van der Waals surface area contributed by atoms with E-state index in [0.717, 1.165) is 16.5 Å². The van der Waals surface area contributed by atoms with Crippen LogP contribution >= 0.6 is 0 Å². The number of nitrogens with one attached hydrogen (secondary N) is 2. The van der Waals surface area contributed by atoms with Gasteiger partial charge in [0.05, 0.1) is 13.4 Å². The molecule has 3 aromatic rings. The molecule has 1 aromatic carbocycles. The van der Waals surface area contributed by atoms with E-state index in [1.807, 2.05) is 30.5 Å². The number of H-pyrrole nitrogens is 1. The minimum atomic E-state index is -0.518. The zero-order valence-corrected chi connectivity index (χ0v) is 15.1. The van der Waals surface area contributed by atoms with Crippen LogP contribution in [0, 0.1) is 0 Å². The van der Waals surface area contributed by atoms with Gasteiger partial charge < -0.3 is 19.5 Å². The molecule has 3 rings (SSSR count). The molecule has 2 heterocycles. The van der Waals surface area contributed by atoms with Gasteiger partial charge in [0, 0.05) is 36.5 Å². The van der Waals surface area contributed by atoms with Crippen molar-refractivity contribution in [2.24, 2.45) is 0 Å². The zero-order valence-electron chi connectivity index (χ0n) is 15.1. The third kappa shape index (κ3) is 4.95. The molecule has 2 aromatic heterocycles. The van der Waals surface area contributed by atoms with Crippen LogP contribution in [0.2, 0.25) is 0 Å². The van der Waals surface area contributed by atoms with E-state index in [4.69, 9.17) is 9.15 Å². The highest BCUT2D eigenvalue weighted by atomic mass is 16.5. The third-order valence-electron chi connectivity index (χ3n) is 4.32. The molecule has 1 atom stereocenters. The van der Waals surface area contributed by atoms with Crippen molar-refractivity contribution < 1.29 is 18.7 Å². The normalized spacial score (nSPS) is 12.5. The van der Waals surface area contributed by atoms with E-state index in [1.54, 1.807) is 24.5 Å². The standard InChI is InChI=1S/C21H22N2O4/c1-26-21(25)20(13-15-14-23-19-7-3-2-6-18(15)19)22-11-10-16(24)8-9-17-5-4-12-27-17/h2-9,12,14,20,22-23H,10-11,13H2,1H3/b9-8+/t20-/m0/s1. The molecule has 2 N–H and O–H groups in total. The van der Waals surface area contributed by atoms with Crippen molar-refractivity contribution >= 4 is 28.7 Å². The number of allylic oxidation sites excluding steroid dienone is 1. The Balaban J connectivity index is 1.57. The molecule has 0 spiro atoms. The fraction of sp³-hybridized carbons (Fsp3) is 0.238. The Morgan fingerprint density at radius 1 is 1.26 bits per heavy atom. The first kappa shape index (κ1) is 18.7. The molecule has 140 valence electrons. The molecular formula is C21H22N2O4. The second kappa shape index (κ2) is 9.00. The highest BCUT2D eigenvalue weighted by molar-refractivity contribution is 5.93. The van der Waals surface area contributed by atoms with E-state index in [2.05, 4.69) is 10.3 Å². The summed E-state index contributed by atoms with van der Waals surface area (Å²) in [5, 5.41) is 4.21. The maximum atomic E-state index is 12.1. The van der Waals surface area contributed by atoms with Crippen molar-refractivity contribution in [1.82, 2.24) is 10.3 Å². The molecule has 6 nitrogen and oxygen atoms in total. The molecule has 0 bridgehead atoms. The van der Waals surface area contributed by atoms with Gasteiger partial charge in [0.15, 0.2) is 5.78 Å². The number of aromatic amines is 1. The van der Waals surface area contributed by atoms with E-state index < -0.39 is 6.04 Å². The number of carbonyl (C=O) groups is 2. The maximum Gasteiger partial charge on any atom is 0.323 e. The van der Waals surface area contributed by atoms with Crippen molar-refractivity contribution in [2.75, 3.05) is 13.7 Å². The summed E-state index contributed by atoms with van der Waals surface area (Å²) in [7, 11) is 1.36. The molecule has 0 unspecified atom stereocenters. The zero-order chi connectivity index (χ0) is 19.1. The average molecular weight is 366 g/mol. The summed E-state index contributed by atoms with van der Waals surface area (Å²) in [5.74, 6) is 0.233. The summed E-state index contributed by atoms with van der Waals surface area (Å²) in [6, 6.07) is 10.9. The van der Waals surface area contributed by atoms with Crippen LogP contribution in [-0.4, -0.2) is 36.4 Å². The van der Waals surface area contributed by atoms with Crippen LogP contribution in [0.25, 0.3) is 17.0 Å². The Labute approximate surface area is 157 Å². The lowest BCUT2D eigenvalue weighted by molar-refractivity contribution is -0.143. The van der Waals surface area contributed by atoms with E-state index >= 15 is 0 Å². The highest BCUT2D eigenvalue weighted by Gasteiger charge is 2.20. The first-order valence-electron chi connectivity index (χ1n) is 8.78. The van der Waals surface area contributed by atoms with Crippen LogP contribution in [0.1, 0.15) is 17.7 Å². The van der Waals surface area contributed by atoms with Gasteiger partial charge in [-0.05, 0) is 35.9 Å². The Hall–Kier alpha value is -3.12. The van der Waals surface area contributed by atoms with Gasteiger partial charge in [-0.15, -0.1) is 0 Å². The smallest absolute Gasteiger partial charge is 0.323 e. The highest BCUT2D eigenvalue weighted by Crippen LogP contribution is 2.19. The Morgan fingerprint density at radius 3 is 2.89 bits per heavy atom. The fourth-order valence-electron chi connectivity index (χ4n) is 2.92. The fourth-order valence-corrected chi connectivity index (χ4v) is 2.92. The lowest BCUT2D eigenvalue weighted by atomic mass is 10.0. The van der Waals surface area contributed by atoms with Crippen molar-refractivity contribution in [3.05, 3.63) is 66.3 Å². The number of carbonyl (C=O) groups excluding carboxylic acids is 2. The molecule has 0 aliphatic carbocycles. The van der Waals surface area contributed by atoms with Crippen LogP contribution in [0.4, 0.5) is 0 Å². The number of hydrogen-bond donors (Lipinski definition) is 2. The number of ketones is 1. The molecule has 6 heteroatoms. The topological polar surface area (TPSA) is 84.3 Å². The minimum absolute atomic E-state index is 0.0467. The number of rotatable bonds is 9. The van der Waals surface area contributed by atoms with Crippen LogP contribution in [-0.2, 0) is 20.7 Å². The van der Waals surface area contributed by atoms with Crippen molar-refractivity contribution in [3.63, 3.8) is 0 Å². The number of hydrogen-bond acceptors (Lipinski definition) is 5. The number of methoxy groups -OCH3 is 1. The largest absolute Gasteiger partial charge is 0.468 e. The molecule has 27 heavy (non-hydrogen) atoms. The lowest BCUT2D eigenvalue weighted by Gasteiger charge is -2.15. The molecule has 0 amide bonds. The monoisotopic (exact) mass is 366 g/mol. The lowest BCUT2D eigenvalue weighted by Crippen LogP contribution is -2.40. The number of fused-ring (bicyclic) bond motifs is 1. The van der Waals surface area contributed by atoms with Gasteiger partial charge in [0.1, 0.15) is 11.8 Å². The minimum Gasteiger partial charge on any atom is -0.468 e. The van der Waals surface area contributed by atoms with Gasteiger partial charge in [-0.3, -0.25) is 9.59 Å². The Morgan fingerprint density at radius 2 is 2.11 bits per heavy atom. The first-order chi connectivity index (χ1) is 13.2. The van der Waals surface area contributed by atoms with Crippen molar-refractivity contribution in [3.8, 4) is 0 Å². The van der Waals surface area contributed by atoms with Crippen LogP contribution in [0.3, 0.4) is 0 Å². The van der Waals surface area contributed by atoms with Gasteiger partial charge in [-0.1, -0.05) is 18.2 Å². The van der Waals surface area contributed by atoms with Gasteiger partial charge in [0.2, 0.25) is 0 Å². The van der Waals surface area contributed by atoms with Crippen molar-refractivity contribution in [1.29, 1.82) is 0 Å². The van der Waals surface area contributed by atoms with E-state index in [0.29, 0.717) is 18.7 Å². The molecule has 0 saturated carbocycles. The number of ether oxygens (including phenoxy) is 1. The second-order valence-corrected chi connectivity index (χ2v) is 6.16. The molecule has 0 radical (unpaired) electrons.